The van der Waals surface area contributed by atoms with Crippen molar-refractivity contribution in [2.24, 2.45) is 0 Å². The van der Waals surface area contributed by atoms with Gasteiger partial charge in [-0.05, 0) is 43.4 Å². The molecule has 0 atom stereocenters. The third kappa shape index (κ3) is 2.07. The summed E-state index contributed by atoms with van der Waals surface area (Å²) < 4.78 is 0. The van der Waals surface area contributed by atoms with Gasteiger partial charge in [0.1, 0.15) is 0 Å². The standard InChI is InChI=1S/C14H19NO/c16-14(7-8-14)11-12-3-5-13(6-4-12)15-9-1-2-10-15/h3-6,16H,1-2,7-11H2. The summed E-state index contributed by atoms with van der Waals surface area (Å²) in [6.07, 6.45) is 5.41. The fourth-order valence-electron chi connectivity index (χ4n) is 2.50. The molecule has 86 valence electrons. The topological polar surface area (TPSA) is 23.5 Å². The second kappa shape index (κ2) is 3.77. The van der Waals surface area contributed by atoms with Gasteiger partial charge in [0.2, 0.25) is 0 Å². The van der Waals surface area contributed by atoms with Crippen LogP contribution in [-0.4, -0.2) is 23.8 Å². The molecule has 1 saturated heterocycles. The Kier molecular flexibility index (Phi) is 2.40. The smallest absolute Gasteiger partial charge is 0.0690 e. The molecule has 0 bridgehead atoms. The van der Waals surface area contributed by atoms with E-state index in [0.717, 1.165) is 19.3 Å². The average molecular weight is 217 g/mol. The van der Waals surface area contributed by atoms with Gasteiger partial charge in [0, 0.05) is 25.2 Å². The minimum Gasteiger partial charge on any atom is -0.390 e. The van der Waals surface area contributed by atoms with E-state index in [9.17, 15) is 5.11 Å². The number of hydrogen-bond acceptors (Lipinski definition) is 2. The van der Waals surface area contributed by atoms with Crippen LogP contribution in [0.4, 0.5) is 5.69 Å². The van der Waals surface area contributed by atoms with Crippen LogP contribution in [0.25, 0.3) is 0 Å². The maximum absolute atomic E-state index is 9.85. The predicted octanol–water partition coefficient (Wildman–Crippen LogP) is 2.35. The molecule has 1 aliphatic carbocycles. The maximum atomic E-state index is 9.85. The van der Waals surface area contributed by atoms with E-state index in [2.05, 4.69) is 29.2 Å². The Morgan fingerprint density at radius 3 is 2.25 bits per heavy atom. The van der Waals surface area contributed by atoms with E-state index in [1.54, 1.807) is 0 Å². The molecule has 0 aromatic heterocycles. The first-order chi connectivity index (χ1) is 7.75. The summed E-state index contributed by atoms with van der Waals surface area (Å²) in [5.41, 5.74) is 2.24. The lowest BCUT2D eigenvalue weighted by Gasteiger charge is -2.18. The lowest BCUT2D eigenvalue weighted by atomic mass is 10.1. The second-order valence-corrected chi connectivity index (χ2v) is 5.26. The zero-order valence-electron chi connectivity index (χ0n) is 9.65. The molecule has 2 heteroatoms. The minimum absolute atomic E-state index is 0.366. The molecule has 1 saturated carbocycles. The normalized spacial score (nSPS) is 22.4. The van der Waals surface area contributed by atoms with Gasteiger partial charge in [-0.2, -0.15) is 0 Å². The van der Waals surface area contributed by atoms with Crippen molar-refractivity contribution in [2.45, 2.75) is 37.7 Å². The van der Waals surface area contributed by atoms with Crippen LogP contribution < -0.4 is 4.90 Å². The highest BCUT2D eigenvalue weighted by atomic mass is 16.3. The highest BCUT2D eigenvalue weighted by Gasteiger charge is 2.39. The van der Waals surface area contributed by atoms with Gasteiger partial charge in [0.05, 0.1) is 5.60 Å². The maximum Gasteiger partial charge on any atom is 0.0690 e. The Bertz CT molecular complexity index is 361. The van der Waals surface area contributed by atoms with Crippen LogP contribution in [-0.2, 0) is 6.42 Å². The molecule has 1 aromatic rings. The molecule has 2 aliphatic rings. The van der Waals surface area contributed by atoms with Crippen LogP contribution in [0.15, 0.2) is 24.3 Å². The first kappa shape index (κ1) is 10.2. The van der Waals surface area contributed by atoms with Crippen LogP contribution in [0.1, 0.15) is 31.2 Å². The first-order valence-electron chi connectivity index (χ1n) is 6.32. The van der Waals surface area contributed by atoms with E-state index in [1.165, 1.54) is 37.2 Å². The van der Waals surface area contributed by atoms with Crippen LogP contribution in [0, 0.1) is 0 Å². The molecule has 1 aromatic carbocycles. The van der Waals surface area contributed by atoms with Gasteiger partial charge in [0.15, 0.2) is 0 Å². The monoisotopic (exact) mass is 217 g/mol. The van der Waals surface area contributed by atoms with Gasteiger partial charge in [-0.25, -0.2) is 0 Å². The van der Waals surface area contributed by atoms with Crippen LogP contribution >= 0.6 is 0 Å². The SMILES string of the molecule is OC1(Cc2ccc(N3CCCC3)cc2)CC1. The van der Waals surface area contributed by atoms with E-state index in [1.807, 2.05) is 0 Å². The van der Waals surface area contributed by atoms with Crippen molar-refractivity contribution < 1.29 is 5.11 Å². The van der Waals surface area contributed by atoms with Crippen LogP contribution in [0.5, 0.6) is 0 Å². The number of aliphatic hydroxyl groups is 1. The number of anilines is 1. The van der Waals surface area contributed by atoms with Crippen molar-refractivity contribution in [2.75, 3.05) is 18.0 Å². The van der Waals surface area contributed by atoms with Crippen molar-refractivity contribution in [3.63, 3.8) is 0 Å². The minimum atomic E-state index is -0.366. The predicted molar refractivity (Wildman–Crippen MR) is 65.8 cm³/mol. The molecule has 1 N–H and O–H groups in total. The second-order valence-electron chi connectivity index (χ2n) is 5.26. The van der Waals surface area contributed by atoms with Crippen molar-refractivity contribution in [1.29, 1.82) is 0 Å². The summed E-state index contributed by atoms with van der Waals surface area (Å²) in [7, 11) is 0. The third-order valence-corrected chi connectivity index (χ3v) is 3.77. The quantitative estimate of drug-likeness (QED) is 0.840. The summed E-state index contributed by atoms with van der Waals surface area (Å²) in [5.74, 6) is 0. The van der Waals surface area contributed by atoms with Gasteiger partial charge in [-0.1, -0.05) is 12.1 Å². The molecule has 3 rings (SSSR count). The molecule has 0 amide bonds. The summed E-state index contributed by atoms with van der Waals surface area (Å²) >= 11 is 0. The molecule has 2 fully saturated rings. The van der Waals surface area contributed by atoms with Gasteiger partial charge in [-0.15, -0.1) is 0 Å². The molecule has 1 aliphatic heterocycles. The molecule has 16 heavy (non-hydrogen) atoms. The molecule has 0 radical (unpaired) electrons. The number of rotatable bonds is 3. The van der Waals surface area contributed by atoms with Gasteiger partial charge in [0.25, 0.3) is 0 Å². The van der Waals surface area contributed by atoms with Gasteiger partial charge < -0.3 is 10.0 Å². The van der Waals surface area contributed by atoms with Crippen LogP contribution in [0.2, 0.25) is 0 Å². The fraction of sp³-hybridized carbons (Fsp3) is 0.571. The van der Waals surface area contributed by atoms with Gasteiger partial charge in [-0.3, -0.25) is 0 Å². The van der Waals surface area contributed by atoms with E-state index in [0.29, 0.717) is 0 Å². The van der Waals surface area contributed by atoms with Crippen molar-refractivity contribution >= 4 is 5.69 Å². The zero-order valence-corrected chi connectivity index (χ0v) is 9.65. The zero-order chi connectivity index (χ0) is 11.0. The molecular weight excluding hydrogens is 198 g/mol. The van der Waals surface area contributed by atoms with E-state index < -0.39 is 0 Å². The fourth-order valence-corrected chi connectivity index (χ4v) is 2.50. The Morgan fingerprint density at radius 2 is 1.69 bits per heavy atom. The molecule has 1 heterocycles. The van der Waals surface area contributed by atoms with Gasteiger partial charge >= 0.3 is 0 Å². The van der Waals surface area contributed by atoms with E-state index >= 15 is 0 Å². The Hall–Kier alpha value is -1.02. The first-order valence-corrected chi connectivity index (χ1v) is 6.32. The van der Waals surface area contributed by atoms with Crippen molar-refractivity contribution in [1.82, 2.24) is 0 Å². The van der Waals surface area contributed by atoms with Crippen molar-refractivity contribution in [3.8, 4) is 0 Å². The lowest BCUT2D eigenvalue weighted by molar-refractivity contribution is 0.151. The Labute approximate surface area is 96.9 Å². The average Bonchev–Trinajstić information content (AvgIpc) is 2.83. The molecule has 2 nitrogen and oxygen atoms in total. The van der Waals surface area contributed by atoms with E-state index in [-0.39, 0.29) is 5.60 Å². The number of nitrogens with zero attached hydrogens (tertiary/aromatic N) is 1. The largest absolute Gasteiger partial charge is 0.390 e. The van der Waals surface area contributed by atoms with Crippen molar-refractivity contribution in [3.05, 3.63) is 29.8 Å². The van der Waals surface area contributed by atoms with E-state index in [4.69, 9.17) is 0 Å². The molecule has 0 spiro atoms. The number of benzene rings is 1. The molecule has 0 unspecified atom stereocenters. The highest BCUT2D eigenvalue weighted by molar-refractivity contribution is 5.48. The summed E-state index contributed by atoms with van der Waals surface area (Å²) in [4.78, 5) is 2.44. The van der Waals surface area contributed by atoms with Crippen LogP contribution in [0.3, 0.4) is 0 Å². The highest BCUT2D eigenvalue weighted by Crippen LogP contribution is 2.38. The third-order valence-electron chi connectivity index (χ3n) is 3.77. The summed E-state index contributed by atoms with van der Waals surface area (Å²) in [6, 6.07) is 8.74. The summed E-state index contributed by atoms with van der Waals surface area (Å²) in [5, 5.41) is 9.85. The lowest BCUT2D eigenvalue weighted by Crippen LogP contribution is -2.17. The number of hydrogen-bond donors (Lipinski definition) is 1. The molecular formula is C14H19NO. The summed E-state index contributed by atoms with van der Waals surface area (Å²) in [6.45, 7) is 2.40. The Morgan fingerprint density at radius 1 is 1.06 bits per heavy atom. The Balaban J connectivity index is 1.69.